The number of carbonyl (C=O) groups is 2. The van der Waals surface area contributed by atoms with Crippen molar-refractivity contribution in [1.82, 2.24) is 19.7 Å². The number of benzene rings is 1. The monoisotopic (exact) mass is 468 g/mol. The van der Waals surface area contributed by atoms with E-state index in [-0.39, 0.29) is 29.4 Å². The lowest BCUT2D eigenvalue weighted by Crippen LogP contribution is -2.38. The lowest BCUT2D eigenvalue weighted by molar-refractivity contribution is 0.0689. The molecule has 0 spiro atoms. The van der Waals surface area contributed by atoms with E-state index in [0.29, 0.717) is 49.4 Å². The highest BCUT2D eigenvalue weighted by molar-refractivity contribution is 5.94. The number of ether oxygens (including phenoxy) is 1. The SMILES string of the molecule is CCOC(=O)N1CCC(c2c(C)c(C(=O)O)nc3c2c(C(C)C)nn3-c2ccc(F)cc2)CC1. The van der Waals surface area contributed by atoms with E-state index in [1.807, 2.05) is 13.8 Å². The summed E-state index contributed by atoms with van der Waals surface area (Å²) in [6, 6.07) is 5.89. The van der Waals surface area contributed by atoms with Crippen LogP contribution in [0.25, 0.3) is 16.7 Å². The molecule has 3 heterocycles. The van der Waals surface area contributed by atoms with Crippen molar-refractivity contribution in [1.29, 1.82) is 0 Å². The van der Waals surface area contributed by atoms with Gasteiger partial charge in [-0.2, -0.15) is 5.10 Å². The number of rotatable bonds is 5. The lowest BCUT2D eigenvalue weighted by Gasteiger charge is -2.32. The molecule has 1 saturated heterocycles. The van der Waals surface area contributed by atoms with Gasteiger partial charge in [0.25, 0.3) is 0 Å². The average molecular weight is 469 g/mol. The van der Waals surface area contributed by atoms with Gasteiger partial charge >= 0.3 is 12.1 Å². The van der Waals surface area contributed by atoms with Gasteiger partial charge in [0, 0.05) is 18.5 Å². The van der Waals surface area contributed by atoms with Gasteiger partial charge in [-0.15, -0.1) is 0 Å². The minimum atomic E-state index is -1.11. The standard InChI is InChI=1S/C25H29FN4O4/c1-5-34-25(33)29-12-10-16(11-13-29)19-15(4)22(24(31)32)27-23-20(19)21(14(2)3)28-30(23)18-8-6-17(26)7-9-18/h6-9,14,16H,5,10-13H2,1-4H3,(H,31,32). The van der Waals surface area contributed by atoms with Crippen molar-refractivity contribution in [2.45, 2.75) is 52.4 Å². The Morgan fingerprint density at radius 2 is 1.85 bits per heavy atom. The summed E-state index contributed by atoms with van der Waals surface area (Å²) in [5, 5.41) is 15.6. The van der Waals surface area contributed by atoms with Crippen molar-refractivity contribution in [3.63, 3.8) is 0 Å². The van der Waals surface area contributed by atoms with Crippen LogP contribution in [0.2, 0.25) is 0 Å². The zero-order valence-electron chi connectivity index (χ0n) is 19.8. The summed E-state index contributed by atoms with van der Waals surface area (Å²) in [5.41, 5.74) is 3.39. The third-order valence-corrected chi connectivity index (χ3v) is 6.38. The number of pyridine rings is 1. The molecule has 0 radical (unpaired) electrons. The quantitative estimate of drug-likeness (QED) is 0.564. The van der Waals surface area contributed by atoms with Gasteiger partial charge in [0.15, 0.2) is 11.3 Å². The fourth-order valence-corrected chi connectivity index (χ4v) is 4.74. The number of nitrogens with zero attached hydrogens (tertiary/aromatic N) is 4. The van der Waals surface area contributed by atoms with Crippen LogP contribution in [0.1, 0.15) is 72.8 Å². The van der Waals surface area contributed by atoms with Crippen molar-refractivity contribution < 1.29 is 23.8 Å². The Balaban J connectivity index is 1.89. The van der Waals surface area contributed by atoms with E-state index in [1.165, 1.54) is 12.1 Å². The molecule has 9 heteroatoms. The third kappa shape index (κ3) is 4.22. The van der Waals surface area contributed by atoms with E-state index in [1.54, 1.807) is 35.6 Å². The first-order valence-electron chi connectivity index (χ1n) is 11.6. The van der Waals surface area contributed by atoms with Gasteiger partial charge in [0.1, 0.15) is 5.82 Å². The molecule has 4 rings (SSSR count). The number of hydrogen-bond acceptors (Lipinski definition) is 5. The molecule has 0 saturated carbocycles. The van der Waals surface area contributed by atoms with Gasteiger partial charge in [-0.25, -0.2) is 23.6 Å². The molecule has 1 aliphatic rings. The normalized spacial score (nSPS) is 14.7. The molecule has 0 unspecified atom stereocenters. The first-order chi connectivity index (χ1) is 16.2. The van der Waals surface area contributed by atoms with Crippen molar-refractivity contribution in [2.24, 2.45) is 0 Å². The minimum absolute atomic E-state index is 0.0195. The number of carbonyl (C=O) groups excluding carboxylic acids is 1. The number of amides is 1. The molecule has 1 fully saturated rings. The molecule has 8 nitrogen and oxygen atoms in total. The van der Waals surface area contributed by atoms with Crippen LogP contribution in [0.3, 0.4) is 0 Å². The number of fused-ring (bicyclic) bond motifs is 1. The van der Waals surface area contributed by atoms with Gasteiger partial charge < -0.3 is 14.7 Å². The highest BCUT2D eigenvalue weighted by Crippen LogP contribution is 2.40. The van der Waals surface area contributed by atoms with Crippen molar-refractivity contribution in [3.05, 3.63) is 52.6 Å². The number of likely N-dealkylation sites (tertiary alicyclic amines) is 1. The lowest BCUT2D eigenvalue weighted by atomic mass is 9.83. The maximum Gasteiger partial charge on any atom is 0.409 e. The fourth-order valence-electron chi connectivity index (χ4n) is 4.74. The summed E-state index contributed by atoms with van der Waals surface area (Å²) < 4.78 is 20.3. The van der Waals surface area contributed by atoms with Crippen LogP contribution in [0, 0.1) is 12.7 Å². The predicted molar refractivity (Wildman–Crippen MR) is 125 cm³/mol. The highest BCUT2D eigenvalue weighted by atomic mass is 19.1. The molecular formula is C25H29FN4O4. The van der Waals surface area contributed by atoms with E-state index in [4.69, 9.17) is 9.84 Å². The summed E-state index contributed by atoms with van der Waals surface area (Å²) >= 11 is 0. The van der Waals surface area contributed by atoms with Crippen LogP contribution in [-0.4, -0.2) is 56.5 Å². The second-order valence-corrected chi connectivity index (χ2v) is 8.89. The Hall–Kier alpha value is -3.49. The topological polar surface area (TPSA) is 97.6 Å². The highest BCUT2D eigenvalue weighted by Gasteiger charge is 2.32. The second-order valence-electron chi connectivity index (χ2n) is 8.89. The van der Waals surface area contributed by atoms with Crippen LogP contribution in [0.15, 0.2) is 24.3 Å². The molecule has 1 N–H and O–H groups in total. The maximum atomic E-state index is 13.6. The molecule has 0 bridgehead atoms. The van der Waals surface area contributed by atoms with Crippen LogP contribution in [0.4, 0.5) is 9.18 Å². The summed E-state index contributed by atoms with van der Waals surface area (Å²) in [6.07, 6.45) is 1.03. The van der Waals surface area contributed by atoms with Crippen LogP contribution in [-0.2, 0) is 4.74 Å². The predicted octanol–water partition coefficient (Wildman–Crippen LogP) is 5.03. The van der Waals surface area contributed by atoms with Gasteiger partial charge in [0.05, 0.1) is 18.0 Å². The van der Waals surface area contributed by atoms with Crippen molar-refractivity contribution in [2.75, 3.05) is 19.7 Å². The summed E-state index contributed by atoms with van der Waals surface area (Å²) in [4.78, 5) is 30.5. The van der Waals surface area contributed by atoms with Crippen LogP contribution in [0.5, 0.6) is 0 Å². The number of carboxylic acids is 1. The maximum absolute atomic E-state index is 13.6. The van der Waals surface area contributed by atoms with Gasteiger partial charge in [0.2, 0.25) is 0 Å². The van der Waals surface area contributed by atoms with Gasteiger partial charge in [-0.05, 0) is 73.9 Å². The number of piperidine rings is 1. The average Bonchev–Trinajstić information content (AvgIpc) is 3.19. The zero-order chi connectivity index (χ0) is 24.6. The number of halogens is 1. The Morgan fingerprint density at radius 1 is 1.21 bits per heavy atom. The number of carboxylic acid groups (broad SMARTS) is 1. The second kappa shape index (κ2) is 9.40. The molecule has 2 aromatic heterocycles. The molecular weight excluding hydrogens is 439 g/mol. The molecule has 1 aromatic carbocycles. The summed E-state index contributed by atoms with van der Waals surface area (Å²) in [7, 11) is 0. The van der Waals surface area contributed by atoms with E-state index < -0.39 is 5.97 Å². The molecule has 180 valence electrons. The zero-order valence-corrected chi connectivity index (χ0v) is 19.8. The van der Waals surface area contributed by atoms with Crippen LogP contribution >= 0.6 is 0 Å². The van der Waals surface area contributed by atoms with Crippen LogP contribution < -0.4 is 0 Å². The molecule has 0 atom stereocenters. The Kier molecular flexibility index (Phi) is 6.54. The van der Waals surface area contributed by atoms with Gasteiger partial charge in [-0.3, -0.25) is 0 Å². The first kappa shape index (κ1) is 23.7. The van der Waals surface area contributed by atoms with Crippen molar-refractivity contribution >= 4 is 23.1 Å². The molecule has 3 aromatic rings. The summed E-state index contributed by atoms with van der Waals surface area (Å²) in [5.74, 6) is -1.38. The molecule has 1 aliphatic heterocycles. The molecule has 1 amide bonds. The van der Waals surface area contributed by atoms with Gasteiger partial charge in [-0.1, -0.05) is 13.8 Å². The summed E-state index contributed by atoms with van der Waals surface area (Å²) in [6.45, 7) is 9.01. The van der Waals surface area contributed by atoms with E-state index in [2.05, 4.69) is 4.98 Å². The Bertz CT molecular complexity index is 1230. The molecule has 34 heavy (non-hydrogen) atoms. The Morgan fingerprint density at radius 3 is 2.41 bits per heavy atom. The molecule has 0 aliphatic carbocycles. The number of aromatic carboxylic acids is 1. The van der Waals surface area contributed by atoms with E-state index in [9.17, 15) is 19.1 Å². The van der Waals surface area contributed by atoms with Crippen molar-refractivity contribution in [3.8, 4) is 5.69 Å². The smallest absolute Gasteiger partial charge is 0.409 e. The van der Waals surface area contributed by atoms with E-state index >= 15 is 0 Å². The number of aromatic nitrogens is 3. The third-order valence-electron chi connectivity index (χ3n) is 6.38. The fraction of sp³-hybridized carbons (Fsp3) is 0.440. The van der Waals surface area contributed by atoms with E-state index in [0.717, 1.165) is 16.6 Å². The first-order valence-corrected chi connectivity index (χ1v) is 11.6. The number of hydrogen-bond donors (Lipinski definition) is 1. The minimum Gasteiger partial charge on any atom is -0.477 e. The Labute approximate surface area is 197 Å². The largest absolute Gasteiger partial charge is 0.477 e.